The number of benzene rings is 1. The van der Waals surface area contributed by atoms with Crippen molar-refractivity contribution in [1.82, 2.24) is 25.1 Å². The molecular weight excluding hydrogens is 398 g/mol. The SMILES string of the molecule is O=C(CCn1cnc2ccccc2c1=O)NCCNc1cc(N2CCOCC2)cnn1. The molecule has 0 saturated carbocycles. The number of morpholine rings is 1. The Hall–Kier alpha value is -3.53. The number of aromatic nitrogens is 4. The van der Waals surface area contributed by atoms with Gasteiger partial charge in [0.2, 0.25) is 5.91 Å². The van der Waals surface area contributed by atoms with Gasteiger partial charge < -0.3 is 20.3 Å². The molecule has 2 N–H and O–H groups in total. The Labute approximate surface area is 179 Å². The highest BCUT2D eigenvalue weighted by Crippen LogP contribution is 2.16. The minimum absolute atomic E-state index is 0.130. The largest absolute Gasteiger partial charge is 0.378 e. The Bertz CT molecular complexity index is 1100. The average Bonchev–Trinajstić information content (AvgIpc) is 2.82. The molecule has 1 aromatic carbocycles. The molecule has 0 bridgehead atoms. The number of nitrogens with zero attached hydrogens (tertiary/aromatic N) is 5. The maximum Gasteiger partial charge on any atom is 0.261 e. The Morgan fingerprint density at radius 3 is 2.87 bits per heavy atom. The second kappa shape index (κ2) is 9.98. The third-order valence-corrected chi connectivity index (χ3v) is 5.08. The molecule has 10 heteroatoms. The lowest BCUT2D eigenvalue weighted by Crippen LogP contribution is -2.36. The first kappa shape index (κ1) is 20.7. The van der Waals surface area contributed by atoms with E-state index < -0.39 is 0 Å². The molecule has 3 aromatic rings. The first-order chi connectivity index (χ1) is 15.2. The normalized spacial score (nSPS) is 13.9. The number of amides is 1. The maximum atomic E-state index is 12.5. The average molecular weight is 423 g/mol. The smallest absolute Gasteiger partial charge is 0.261 e. The number of rotatable bonds is 8. The zero-order chi connectivity index (χ0) is 21.5. The lowest BCUT2D eigenvalue weighted by Gasteiger charge is -2.28. The molecule has 1 saturated heterocycles. The zero-order valence-electron chi connectivity index (χ0n) is 17.2. The number of hydrogen-bond acceptors (Lipinski definition) is 8. The highest BCUT2D eigenvalue weighted by Gasteiger charge is 2.12. The summed E-state index contributed by atoms with van der Waals surface area (Å²) in [6, 6.07) is 9.12. The van der Waals surface area contributed by atoms with Crippen LogP contribution < -0.4 is 21.1 Å². The first-order valence-corrected chi connectivity index (χ1v) is 10.3. The van der Waals surface area contributed by atoms with E-state index in [1.165, 1.54) is 10.9 Å². The third kappa shape index (κ3) is 5.34. The molecular formula is C21H25N7O3. The third-order valence-electron chi connectivity index (χ3n) is 5.08. The molecule has 10 nitrogen and oxygen atoms in total. The summed E-state index contributed by atoms with van der Waals surface area (Å²) in [5.41, 5.74) is 1.51. The standard InChI is InChI=1S/C21H25N7O3/c29-20(5-8-28-15-24-18-4-2-1-3-17(18)21(28)30)23-7-6-22-19-13-16(14-25-26-19)27-9-11-31-12-10-27/h1-4,13-15H,5-12H2,(H,22,26)(H,23,29). The van der Waals surface area contributed by atoms with Crippen LogP contribution in [-0.2, 0) is 16.1 Å². The Morgan fingerprint density at radius 2 is 2.00 bits per heavy atom. The summed E-state index contributed by atoms with van der Waals surface area (Å²) in [6.07, 6.45) is 3.42. The summed E-state index contributed by atoms with van der Waals surface area (Å²) >= 11 is 0. The predicted octanol–water partition coefficient (Wildman–Crippen LogP) is 0.642. The molecule has 162 valence electrons. The van der Waals surface area contributed by atoms with E-state index in [0.29, 0.717) is 43.0 Å². The van der Waals surface area contributed by atoms with Gasteiger partial charge in [0.15, 0.2) is 5.82 Å². The molecule has 2 aromatic heterocycles. The lowest BCUT2D eigenvalue weighted by molar-refractivity contribution is -0.121. The van der Waals surface area contributed by atoms with Crippen LogP contribution in [0.15, 0.2) is 47.7 Å². The van der Waals surface area contributed by atoms with E-state index in [4.69, 9.17) is 4.74 Å². The van der Waals surface area contributed by atoms with Gasteiger partial charge >= 0.3 is 0 Å². The minimum atomic E-state index is -0.140. The van der Waals surface area contributed by atoms with Gasteiger partial charge in [-0.1, -0.05) is 12.1 Å². The monoisotopic (exact) mass is 423 g/mol. The molecule has 0 unspecified atom stereocenters. The summed E-state index contributed by atoms with van der Waals surface area (Å²) in [5.74, 6) is 0.530. The summed E-state index contributed by atoms with van der Waals surface area (Å²) in [7, 11) is 0. The Kier molecular flexibility index (Phi) is 6.68. The number of hydrogen-bond donors (Lipinski definition) is 2. The summed E-state index contributed by atoms with van der Waals surface area (Å²) < 4.78 is 6.84. The van der Waals surface area contributed by atoms with Gasteiger partial charge in [0.1, 0.15) is 0 Å². The fraction of sp³-hybridized carbons (Fsp3) is 0.381. The number of anilines is 2. The number of carbonyl (C=O) groups excluding carboxylic acids is 1. The van der Waals surface area contributed by atoms with Crippen LogP contribution in [0.2, 0.25) is 0 Å². The van der Waals surface area contributed by atoms with Crippen LogP contribution in [-0.4, -0.2) is 65.0 Å². The molecule has 4 rings (SSSR count). The number of nitrogens with one attached hydrogen (secondary N) is 2. The highest BCUT2D eigenvalue weighted by atomic mass is 16.5. The molecule has 0 radical (unpaired) electrons. The second-order valence-electron chi connectivity index (χ2n) is 7.19. The van der Waals surface area contributed by atoms with Crippen LogP contribution in [0.4, 0.5) is 11.5 Å². The molecule has 31 heavy (non-hydrogen) atoms. The first-order valence-electron chi connectivity index (χ1n) is 10.3. The molecule has 0 aliphatic carbocycles. The molecule has 1 fully saturated rings. The van der Waals surface area contributed by atoms with Crippen molar-refractivity contribution < 1.29 is 9.53 Å². The van der Waals surface area contributed by atoms with E-state index in [9.17, 15) is 9.59 Å². The van der Waals surface area contributed by atoms with Gasteiger partial charge in [0, 0.05) is 45.2 Å². The predicted molar refractivity (Wildman–Crippen MR) is 117 cm³/mol. The van der Waals surface area contributed by atoms with E-state index in [0.717, 1.165) is 18.8 Å². The summed E-state index contributed by atoms with van der Waals surface area (Å²) in [6.45, 7) is 4.31. The van der Waals surface area contributed by atoms with Gasteiger partial charge in [0.25, 0.3) is 5.56 Å². The van der Waals surface area contributed by atoms with Crippen molar-refractivity contribution in [2.45, 2.75) is 13.0 Å². The van der Waals surface area contributed by atoms with Crippen molar-refractivity contribution in [3.8, 4) is 0 Å². The van der Waals surface area contributed by atoms with E-state index >= 15 is 0 Å². The minimum Gasteiger partial charge on any atom is -0.378 e. The number of para-hydroxylation sites is 1. The fourth-order valence-corrected chi connectivity index (χ4v) is 3.41. The molecule has 3 heterocycles. The second-order valence-corrected chi connectivity index (χ2v) is 7.19. The van der Waals surface area contributed by atoms with Crippen LogP contribution in [0.1, 0.15) is 6.42 Å². The maximum absolute atomic E-state index is 12.5. The summed E-state index contributed by atoms with van der Waals surface area (Å²) in [5, 5.41) is 14.7. The van der Waals surface area contributed by atoms with Crippen molar-refractivity contribution in [2.24, 2.45) is 0 Å². The van der Waals surface area contributed by atoms with Crippen molar-refractivity contribution in [3.05, 3.63) is 53.2 Å². The molecule has 1 aliphatic heterocycles. The number of ether oxygens (including phenoxy) is 1. The van der Waals surface area contributed by atoms with Crippen molar-refractivity contribution in [1.29, 1.82) is 0 Å². The van der Waals surface area contributed by atoms with Gasteiger partial charge in [-0.25, -0.2) is 4.98 Å². The number of carbonyl (C=O) groups is 1. The molecule has 0 atom stereocenters. The van der Waals surface area contributed by atoms with E-state index in [1.807, 2.05) is 12.1 Å². The van der Waals surface area contributed by atoms with Crippen LogP contribution >= 0.6 is 0 Å². The Balaban J connectivity index is 1.21. The van der Waals surface area contributed by atoms with Crippen LogP contribution in [0.5, 0.6) is 0 Å². The fourth-order valence-electron chi connectivity index (χ4n) is 3.41. The van der Waals surface area contributed by atoms with Gasteiger partial charge in [-0.05, 0) is 12.1 Å². The van der Waals surface area contributed by atoms with Crippen molar-refractivity contribution in [2.75, 3.05) is 49.6 Å². The zero-order valence-corrected chi connectivity index (χ0v) is 17.2. The molecule has 0 spiro atoms. The molecule has 1 amide bonds. The van der Waals surface area contributed by atoms with Crippen LogP contribution in [0.25, 0.3) is 10.9 Å². The van der Waals surface area contributed by atoms with E-state index in [2.05, 4.69) is 30.7 Å². The quantitative estimate of drug-likeness (QED) is 0.508. The van der Waals surface area contributed by atoms with E-state index in [1.54, 1.807) is 24.4 Å². The van der Waals surface area contributed by atoms with Crippen molar-refractivity contribution in [3.63, 3.8) is 0 Å². The summed E-state index contributed by atoms with van der Waals surface area (Å²) in [4.78, 5) is 31.1. The molecule has 1 aliphatic rings. The van der Waals surface area contributed by atoms with Crippen molar-refractivity contribution >= 4 is 28.3 Å². The van der Waals surface area contributed by atoms with Gasteiger partial charge in [-0.3, -0.25) is 14.2 Å². The van der Waals surface area contributed by atoms with E-state index in [-0.39, 0.29) is 24.4 Å². The van der Waals surface area contributed by atoms with Gasteiger partial charge in [-0.2, -0.15) is 5.10 Å². The number of aryl methyl sites for hydroxylation is 1. The topological polar surface area (TPSA) is 114 Å². The van der Waals surface area contributed by atoms with Gasteiger partial charge in [-0.15, -0.1) is 5.10 Å². The van der Waals surface area contributed by atoms with Crippen LogP contribution in [0.3, 0.4) is 0 Å². The highest BCUT2D eigenvalue weighted by molar-refractivity contribution is 5.77. The lowest BCUT2D eigenvalue weighted by atomic mass is 10.2. The Morgan fingerprint density at radius 1 is 1.16 bits per heavy atom. The van der Waals surface area contributed by atoms with Crippen LogP contribution in [0, 0.1) is 0 Å². The number of fused-ring (bicyclic) bond motifs is 1. The van der Waals surface area contributed by atoms with Gasteiger partial charge in [0.05, 0.1) is 42.3 Å².